The third-order valence-corrected chi connectivity index (χ3v) is 1.68. The molecule has 0 aromatic carbocycles. The summed E-state index contributed by atoms with van der Waals surface area (Å²) >= 11 is 0. The van der Waals surface area contributed by atoms with Gasteiger partial charge >= 0.3 is 0 Å². The normalized spacial score (nSPS) is 16.2. The van der Waals surface area contributed by atoms with E-state index in [0.29, 0.717) is 0 Å². The molecule has 12 heavy (non-hydrogen) atoms. The zero-order chi connectivity index (χ0) is 9.40. The molecule has 3 nitrogen and oxygen atoms in total. The fourth-order valence-corrected chi connectivity index (χ4v) is 0.992. The van der Waals surface area contributed by atoms with Gasteiger partial charge < -0.3 is 10.3 Å². The van der Waals surface area contributed by atoms with Gasteiger partial charge in [-0.25, -0.2) is 5.90 Å². The van der Waals surface area contributed by atoms with Crippen LogP contribution in [-0.4, -0.2) is 10.3 Å². The van der Waals surface area contributed by atoms with Gasteiger partial charge in [-0.05, 0) is 31.4 Å². The summed E-state index contributed by atoms with van der Waals surface area (Å²) in [4.78, 5) is 0. The highest BCUT2D eigenvalue weighted by molar-refractivity contribution is 5.29. The molecule has 0 spiro atoms. The molecule has 1 aliphatic rings. The van der Waals surface area contributed by atoms with Crippen LogP contribution in [0, 0.1) is 0 Å². The molecule has 1 rings (SSSR count). The van der Waals surface area contributed by atoms with Crippen molar-refractivity contribution in [3.63, 3.8) is 0 Å². The summed E-state index contributed by atoms with van der Waals surface area (Å²) in [6.45, 7) is 2.12. The minimum Gasteiger partial charge on any atom is -0.516 e. The van der Waals surface area contributed by atoms with Crippen LogP contribution in [0.2, 0.25) is 0 Å². The number of allylic oxidation sites excluding steroid dienone is 5. The molecule has 1 aliphatic carbocycles. The Morgan fingerprint density at radius 1 is 1.33 bits per heavy atom. The lowest BCUT2D eigenvalue weighted by Gasteiger charge is -2.06. The topological polar surface area (TPSA) is 66.5 Å². The minimum absolute atomic E-state index is 1.05. The van der Waals surface area contributed by atoms with Crippen molar-refractivity contribution in [3.05, 3.63) is 35.6 Å². The first kappa shape index (κ1) is 10.9. The molecule has 0 radical (unpaired) electrons. The number of rotatable bonds is 1. The molecule has 0 aliphatic heterocycles. The first-order valence-corrected chi connectivity index (χ1v) is 3.76. The number of nitrogens with two attached hydrogens (primary N) is 1. The second kappa shape index (κ2) is 6.64. The van der Waals surface area contributed by atoms with Crippen LogP contribution in [0.1, 0.15) is 19.8 Å². The molecule has 3 heteroatoms. The Labute approximate surface area is 72.5 Å². The van der Waals surface area contributed by atoms with Gasteiger partial charge in [0.05, 0.1) is 6.26 Å². The fraction of sp³-hybridized carbons (Fsp3) is 0.333. The van der Waals surface area contributed by atoms with Crippen LogP contribution in [0.15, 0.2) is 35.6 Å². The molecule has 0 fully saturated rings. The van der Waals surface area contributed by atoms with Crippen molar-refractivity contribution in [1.82, 2.24) is 0 Å². The van der Waals surface area contributed by atoms with Crippen molar-refractivity contribution < 1.29 is 10.3 Å². The highest BCUT2D eigenvalue weighted by atomic mass is 16.4. The highest BCUT2D eigenvalue weighted by Gasteiger charge is 1.98. The van der Waals surface area contributed by atoms with E-state index < -0.39 is 0 Å². The summed E-state index contributed by atoms with van der Waals surface area (Å²) < 4.78 is 0. The number of aliphatic hydroxyl groups is 1. The quantitative estimate of drug-likeness (QED) is 0.415. The molecule has 0 aromatic heterocycles. The zero-order valence-corrected chi connectivity index (χ0v) is 7.20. The van der Waals surface area contributed by atoms with E-state index >= 15 is 0 Å². The van der Waals surface area contributed by atoms with E-state index in [1.54, 1.807) is 6.08 Å². The smallest absolute Gasteiger partial charge is 0.0794 e. The zero-order valence-electron chi connectivity index (χ0n) is 7.20. The van der Waals surface area contributed by atoms with Crippen molar-refractivity contribution >= 4 is 0 Å². The van der Waals surface area contributed by atoms with Crippen LogP contribution >= 0.6 is 0 Å². The monoisotopic (exact) mass is 169 g/mol. The maximum absolute atomic E-state index is 8.44. The molecular formula is C9H15NO2. The number of hydrogen-bond acceptors (Lipinski definition) is 3. The molecule has 68 valence electrons. The van der Waals surface area contributed by atoms with Crippen LogP contribution in [0.5, 0.6) is 0 Å². The Morgan fingerprint density at radius 3 is 2.42 bits per heavy atom. The maximum atomic E-state index is 8.44. The Kier molecular flexibility index (Phi) is 6.05. The van der Waals surface area contributed by atoms with E-state index in [4.69, 9.17) is 10.3 Å². The van der Waals surface area contributed by atoms with E-state index in [1.165, 1.54) is 11.1 Å². The molecule has 0 atom stereocenters. The Hall–Kier alpha value is -1.06. The molecule has 0 amide bonds. The molecule has 0 heterocycles. The third-order valence-electron chi connectivity index (χ3n) is 1.68. The molecule has 0 aromatic rings. The number of hydrogen-bond donors (Lipinski definition) is 3. The average molecular weight is 169 g/mol. The van der Waals surface area contributed by atoms with Crippen LogP contribution in [0.4, 0.5) is 0 Å². The van der Waals surface area contributed by atoms with Gasteiger partial charge in [0, 0.05) is 0 Å². The van der Waals surface area contributed by atoms with E-state index in [1.807, 2.05) is 6.08 Å². The summed E-state index contributed by atoms with van der Waals surface area (Å²) in [7, 11) is 0. The lowest BCUT2D eigenvalue weighted by atomic mass is 10.00. The maximum Gasteiger partial charge on any atom is 0.0794 e. The van der Waals surface area contributed by atoms with Gasteiger partial charge in [0.2, 0.25) is 0 Å². The Morgan fingerprint density at radius 2 is 2.00 bits per heavy atom. The Bertz CT molecular complexity index is 205. The van der Waals surface area contributed by atoms with Crippen molar-refractivity contribution in [2.45, 2.75) is 19.8 Å². The average Bonchev–Trinajstić information content (AvgIpc) is 2.13. The summed E-state index contributed by atoms with van der Waals surface area (Å²) in [6, 6.07) is 0. The second-order valence-electron chi connectivity index (χ2n) is 2.57. The molecular weight excluding hydrogens is 154 g/mol. The van der Waals surface area contributed by atoms with Crippen LogP contribution < -0.4 is 5.90 Å². The van der Waals surface area contributed by atoms with Crippen LogP contribution in [0.3, 0.4) is 0 Å². The van der Waals surface area contributed by atoms with Gasteiger partial charge in [-0.3, -0.25) is 0 Å². The van der Waals surface area contributed by atoms with E-state index in [0.717, 1.165) is 19.1 Å². The van der Waals surface area contributed by atoms with Gasteiger partial charge in [0.25, 0.3) is 0 Å². The van der Waals surface area contributed by atoms with Gasteiger partial charge in [-0.1, -0.05) is 17.7 Å². The molecule has 0 unspecified atom stereocenters. The molecule has 0 saturated carbocycles. The van der Waals surface area contributed by atoms with Gasteiger partial charge in [0.1, 0.15) is 0 Å². The predicted octanol–water partition coefficient (Wildman–Crippen LogP) is 2.06. The number of aliphatic hydroxyl groups excluding tert-OH is 1. The predicted molar refractivity (Wildman–Crippen MR) is 48.8 cm³/mol. The third kappa shape index (κ3) is 3.95. The lowest BCUT2D eigenvalue weighted by molar-refractivity contribution is 0.311. The van der Waals surface area contributed by atoms with Crippen LogP contribution in [0.25, 0.3) is 0 Å². The van der Waals surface area contributed by atoms with Crippen LogP contribution in [-0.2, 0) is 0 Å². The summed E-state index contributed by atoms with van der Waals surface area (Å²) in [6.07, 6.45) is 9.16. The molecule has 0 bridgehead atoms. The molecule has 0 saturated heterocycles. The fourth-order valence-electron chi connectivity index (χ4n) is 0.992. The highest BCUT2D eigenvalue weighted by Crippen LogP contribution is 2.17. The minimum atomic E-state index is 1.05. The van der Waals surface area contributed by atoms with Gasteiger partial charge in [-0.2, -0.15) is 0 Å². The van der Waals surface area contributed by atoms with E-state index in [2.05, 4.69) is 18.9 Å². The standard InChI is InChI=1S/C9H12O.H3NO/c1-8-2-4-9(5-3-8)6-7-10;1-2/h2,4,6-7,10H,3,5H2,1H3;2H,1H2/b7-6+;. The van der Waals surface area contributed by atoms with Gasteiger partial charge in [0.15, 0.2) is 0 Å². The Balaban J connectivity index is 0.000000561. The van der Waals surface area contributed by atoms with Crippen molar-refractivity contribution in [1.29, 1.82) is 0 Å². The second-order valence-corrected chi connectivity index (χ2v) is 2.57. The van der Waals surface area contributed by atoms with Crippen molar-refractivity contribution in [2.24, 2.45) is 5.90 Å². The van der Waals surface area contributed by atoms with Gasteiger partial charge in [-0.15, -0.1) is 0 Å². The lowest BCUT2D eigenvalue weighted by Crippen LogP contribution is -1.87. The van der Waals surface area contributed by atoms with Crippen molar-refractivity contribution in [2.75, 3.05) is 0 Å². The summed E-state index contributed by atoms with van der Waals surface area (Å²) in [5.41, 5.74) is 2.61. The first-order valence-electron chi connectivity index (χ1n) is 3.76. The summed E-state index contributed by atoms with van der Waals surface area (Å²) in [5.74, 6) is 3.50. The first-order chi connectivity index (χ1) is 5.83. The van der Waals surface area contributed by atoms with E-state index in [-0.39, 0.29) is 0 Å². The van der Waals surface area contributed by atoms with Crippen molar-refractivity contribution in [3.8, 4) is 0 Å². The summed E-state index contributed by atoms with van der Waals surface area (Å²) in [5, 5.41) is 14.9. The van der Waals surface area contributed by atoms with E-state index in [9.17, 15) is 0 Å². The SMILES string of the molecule is CC1=CC=C(/C=C/O)CC1.NO. The largest absolute Gasteiger partial charge is 0.516 e. The molecule has 4 N–H and O–H groups in total.